The summed E-state index contributed by atoms with van der Waals surface area (Å²) in [5, 5.41) is 7.58. The molecule has 0 fully saturated rings. The third-order valence-corrected chi connectivity index (χ3v) is 4.95. The van der Waals surface area contributed by atoms with Gasteiger partial charge in [0.1, 0.15) is 19.0 Å². The molecule has 2 aromatic carbocycles. The van der Waals surface area contributed by atoms with Crippen molar-refractivity contribution in [3.05, 3.63) is 51.5 Å². The van der Waals surface area contributed by atoms with Crippen LogP contribution in [-0.4, -0.2) is 37.7 Å². The highest BCUT2D eigenvalue weighted by Gasteiger charge is 2.12. The Morgan fingerprint density at radius 2 is 1.83 bits per heavy atom. The van der Waals surface area contributed by atoms with Gasteiger partial charge in [0, 0.05) is 6.54 Å². The van der Waals surface area contributed by atoms with Gasteiger partial charge in [-0.3, -0.25) is 5.43 Å². The highest BCUT2D eigenvalue weighted by molar-refractivity contribution is 9.10. The summed E-state index contributed by atoms with van der Waals surface area (Å²) in [5.74, 6) is 2.10. The fourth-order valence-corrected chi connectivity index (χ4v) is 3.31. The van der Waals surface area contributed by atoms with Crippen LogP contribution in [0.25, 0.3) is 0 Å². The van der Waals surface area contributed by atoms with E-state index in [9.17, 15) is 0 Å². The zero-order chi connectivity index (χ0) is 21.9. The lowest BCUT2D eigenvalue weighted by atomic mass is 10.1. The average molecular weight is 494 g/mol. The zero-order valence-corrected chi connectivity index (χ0v) is 20.2. The maximum Gasteiger partial charge on any atom is 0.186 e. The van der Waals surface area contributed by atoms with Crippen molar-refractivity contribution in [3.63, 3.8) is 0 Å². The van der Waals surface area contributed by atoms with Crippen molar-refractivity contribution < 1.29 is 14.2 Å². The van der Waals surface area contributed by atoms with Gasteiger partial charge in [0.15, 0.2) is 16.6 Å². The Morgan fingerprint density at radius 3 is 2.53 bits per heavy atom. The van der Waals surface area contributed by atoms with E-state index in [1.165, 1.54) is 11.1 Å². The summed E-state index contributed by atoms with van der Waals surface area (Å²) in [7, 11) is 0. The molecule has 0 aromatic heterocycles. The summed E-state index contributed by atoms with van der Waals surface area (Å²) >= 11 is 8.65. The summed E-state index contributed by atoms with van der Waals surface area (Å²) < 4.78 is 18.3. The Balaban J connectivity index is 1.99. The number of ether oxygens (including phenoxy) is 3. The number of halogens is 1. The first-order valence-corrected chi connectivity index (χ1v) is 11.0. The topological polar surface area (TPSA) is 64.1 Å². The minimum Gasteiger partial charge on any atom is -0.490 e. The Kier molecular flexibility index (Phi) is 9.89. The van der Waals surface area contributed by atoms with E-state index in [2.05, 4.69) is 51.7 Å². The molecule has 0 saturated heterocycles. The lowest BCUT2D eigenvalue weighted by molar-refractivity contribution is 0.207. The minimum absolute atomic E-state index is 0.386. The van der Waals surface area contributed by atoms with Crippen LogP contribution in [0.3, 0.4) is 0 Å². The van der Waals surface area contributed by atoms with Gasteiger partial charge in [0.2, 0.25) is 0 Å². The Labute approximate surface area is 192 Å². The Morgan fingerprint density at radius 1 is 1.07 bits per heavy atom. The number of rotatable bonds is 10. The Bertz CT molecular complexity index is 890. The number of aryl methyl sites for hydroxylation is 2. The van der Waals surface area contributed by atoms with Crippen LogP contribution in [0.15, 0.2) is 39.9 Å². The van der Waals surface area contributed by atoms with E-state index in [1.54, 1.807) is 6.21 Å². The molecule has 0 unspecified atom stereocenters. The number of nitrogens with one attached hydrogen (secondary N) is 2. The summed E-state index contributed by atoms with van der Waals surface area (Å²) in [6, 6.07) is 9.82. The van der Waals surface area contributed by atoms with Gasteiger partial charge in [0.05, 0.1) is 17.3 Å². The molecular formula is C22H28BrN3O3S. The molecule has 6 nitrogen and oxygen atoms in total. The van der Waals surface area contributed by atoms with Crippen molar-refractivity contribution in [2.75, 3.05) is 26.4 Å². The van der Waals surface area contributed by atoms with E-state index in [0.29, 0.717) is 36.4 Å². The van der Waals surface area contributed by atoms with Crippen LogP contribution in [0.5, 0.6) is 17.2 Å². The fourth-order valence-electron chi connectivity index (χ4n) is 2.54. The van der Waals surface area contributed by atoms with Gasteiger partial charge in [-0.15, -0.1) is 0 Å². The summed E-state index contributed by atoms with van der Waals surface area (Å²) in [6.45, 7) is 10.1. The van der Waals surface area contributed by atoms with Crippen molar-refractivity contribution in [1.29, 1.82) is 0 Å². The van der Waals surface area contributed by atoms with E-state index in [4.69, 9.17) is 26.4 Å². The molecule has 0 radical (unpaired) electrons. The van der Waals surface area contributed by atoms with Gasteiger partial charge in [-0.25, -0.2) is 0 Å². The monoisotopic (exact) mass is 493 g/mol. The second-order valence-corrected chi connectivity index (χ2v) is 7.70. The average Bonchev–Trinajstić information content (AvgIpc) is 2.70. The second-order valence-electron chi connectivity index (χ2n) is 6.44. The first kappa shape index (κ1) is 24.0. The van der Waals surface area contributed by atoms with E-state index in [1.807, 2.05) is 38.1 Å². The number of thiocarbonyl (C=S) groups is 1. The number of hydrazone groups is 1. The maximum atomic E-state index is 5.94. The third kappa shape index (κ3) is 7.50. The lowest BCUT2D eigenvalue weighted by Gasteiger charge is -2.15. The molecule has 0 bridgehead atoms. The minimum atomic E-state index is 0.386. The molecular weight excluding hydrogens is 466 g/mol. The summed E-state index contributed by atoms with van der Waals surface area (Å²) in [4.78, 5) is 0. The van der Waals surface area contributed by atoms with Gasteiger partial charge >= 0.3 is 0 Å². The van der Waals surface area contributed by atoms with Gasteiger partial charge < -0.3 is 19.5 Å². The van der Waals surface area contributed by atoms with Crippen molar-refractivity contribution in [3.8, 4) is 17.2 Å². The molecule has 0 spiro atoms. The number of hydrogen-bond donors (Lipinski definition) is 2. The number of benzene rings is 2. The molecule has 162 valence electrons. The molecule has 0 aliphatic rings. The molecule has 2 N–H and O–H groups in total. The second kappa shape index (κ2) is 12.4. The fraction of sp³-hybridized carbons (Fsp3) is 0.364. The largest absolute Gasteiger partial charge is 0.490 e. The first-order valence-electron chi connectivity index (χ1n) is 9.80. The molecule has 0 aliphatic carbocycles. The number of nitrogens with zero attached hydrogens (tertiary/aromatic N) is 1. The van der Waals surface area contributed by atoms with E-state index in [-0.39, 0.29) is 0 Å². The predicted molar refractivity (Wildman–Crippen MR) is 129 cm³/mol. The van der Waals surface area contributed by atoms with Crippen LogP contribution < -0.4 is 25.0 Å². The normalized spacial score (nSPS) is 10.7. The quantitative estimate of drug-likeness (QED) is 0.215. The molecule has 2 rings (SSSR count). The van der Waals surface area contributed by atoms with Crippen LogP contribution in [0.4, 0.5) is 0 Å². The van der Waals surface area contributed by atoms with Crippen LogP contribution in [-0.2, 0) is 0 Å². The van der Waals surface area contributed by atoms with Gasteiger partial charge in [-0.2, -0.15) is 5.10 Å². The van der Waals surface area contributed by atoms with Crippen molar-refractivity contribution in [2.24, 2.45) is 5.10 Å². The molecule has 2 aromatic rings. The molecule has 30 heavy (non-hydrogen) atoms. The van der Waals surface area contributed by atoms with Crippen molar-refractivity contribution >= 4 is 39.5 Å². The first-order chi connectivity index (χ1) is 14.4. The smallest absolute Gasteiger partial charge is 0.186 e. The summed E-state index contributed by atoms with van der Waals surface area (Å²) in [5.41, 5.74) is 6.06. The lowest BCUT2D eigenvalue weighted by Crippen LogP contribution is -2.31. The standard InChI is InChI=1S/C22H28BrN3O3S/c1-5-24-22(30)26-25-14-17-12-19(23)21(20(13-17)27-6-2)29-10-9-28-18-8-7-15(3)16(4)11-18/h7-8,11-14H,5-6,9-10H2,1-4H3,(H2,24,26,30). The molecule has 8 heteroatoms. The van der Waals surface area contributed by atoms with E-state index in [0.717, 1.165) is 22.3 Å². The molecule has 0 aliphatic heterocycles. The highest BCUT2D eigenvalue weighted by atomic mass is 79.9. The van der Waals surface area contributed by atoms with Gasteiger partial charge in [-0.1, -0.05) is 6.07 Å². The van der Waals surface area contributed by atoms with Crippen LogP contribution >= 0.6 is 28.1 Å². The molecule has 0 amide bonds. The van der Waals surface area contributed by atoms with E-state index < -0.39 is 0 Å². The molecule has 0 saturated carbocycles. The van der Waals surface area contributed by atoms with Crippen LogP contribution in [0.1, 0.15) is 30.5 Å². The SMILES string of the molecule is CCNC(=S)NN=Cc1cc(Br)c(OCCOc2ccc(C)c(C)c2)c(OCC)c1. The van der Waals surface area contributed by atoms with Crippen LogP contribution in [0, 0.1) is 13.8 Å². The number of hydrogen-bond acceptors (Lipinski definition) is 5. The highest BCUT2D eigenvalue weighted by Crippen LogP contribution is 2.36. The van der Waals surface area contributed by atoms with Gasteiger partial charge in [0.25, 0.3) is 0 Å². The zero-order valence-electron chi connectivity index (χ0n) is 17.8. The molecule has 0 atom stereocenters. The molecule has 0 heterocycles. The Hall–Kier alpha value is -2.32. The van der Waals surface area contributed by atoms with Crippen LogP contribution in [0.2, 0.25) is 0 Å². The van der Waals surface area contributed by atoms with Gasteiger partial charge in [-0.05, 0) is 96.8 Å². The maximum absolute atomic E-state index is 5.94. The van der Waals surface area contributed by atoms with Crippen molar-refractivity contribution in [1.82, 2.24) is 10.7 Å². The summed E-state index contributed by atoms with van der Waals surface area (Å²) in [6.07, 6.45) is 1.67. The predicted octanol–water partition coefficient (Wildman–Crippen LogP) is 4.74. The van der Waals surface area contributed by atoms with Crippen molar-refractivity contribution in [2.45, 2.75) is 27.7 Å². The third-order valence-electron chi connectivity index (χ3n) is 4.13. The van der Waals surface area contributed by atoms with E-state index >= 15 is 0 Å².